The number of hydrazine groups is 1. The van der Waals surface area contributed by atoms with Gasteiger partial charge in [0.2, 0.25) is 10.8 Å². The van der Waals surface area contributed by atoms with Crippen molar-refractivity contribution < 1.29 is 9.18 Å². The molecule has 19 heavy (non-hydrogen) atoms. The molecule has 0 aliphatic rings. The van der Waals surface area contributed by atoms with Crippen LogP contribution in [0.4, 0.5) is 4.39 Å². The number of halogens is 1. The summed E-state index contributed by atoms with van der Waals surface area (Å²) in [5.74, 6) is 4.07. The summed E-state index contributed by atoms with van der Waals surface area (Å²) in [5, 5.41) is 12.2. The van der Waals surface area contributed by atoms with E-state index in [0.29, 0.717) is 15.5 Å². The molecular formula is C10H7FN6OS. The second-order valence-electron chi connectivity index (χ2n) is 3.61. The quantitative estimate of drug-likeness (QED) is 0.406. The van der Waals surface area contributed by atoms with Gasteiger partial charge >= 0.3 is 5.91 Å². The lowest BCUT2D eigenvalue weighted by atomic mass is 10.2. The number of aromatic nitrogens is 4. The Balaban J connectivity index is 2.12. The average molecular weight is 278 g/mol. The van der Waals surface area contributed by atoms with Crippen molar-refractivity contribution in [2.24, 2.45) is 5.84 Å². The molecule has 0 saturated carbocycles. The number of nitrogens with one attached hydrogen (secondary N) is 1. The maximum absolute atomic E-state index is 13.2. The number of hydrogen-bond acceptors (Lipinski definition) is 6. The van der Waals surface area contributed by atoms with E-state index in [2.05, 4.69) is 15.3 Å². The monoisotopic (exact) mass is 278 g/mol. The van der Waals surface area contributed by atoms with E-state index in [1.54, 1.807) is 12.1 Å². The van der Waals surface area contributed by atoms with E-state index in [1.165, 1.54) is 28.0 Å². The summed E-state index contributed by atoms with van der Waals surface area (Å²) in [7, 11) is 0. The smallest absolute Gasteiger partial charge is 0.287 e. The number of amides is 1. The third kappa shape index (κ3) is 1.94. The Morgan fingerprint density at radius 3 is 3.00 bits per heavy atom. The lowest BCUT2D eigenvalue weighted by Gasteiger charge is -1.95. The van der Waals surface area contributed by atoms with Crippen LogP contribution in [0.5, 0.6) is 0 Å². The summed E-state index contributed by atoms with van der Waals surface area (Å²) in [6, 6.07) is 6.00. The van der Waals surface area contributed by atoms with Gasteiger partial charge in [-0.2, -0.15) is 9.61 Å². The first-order valence-electron chi connectivity index (χ1n) is 5.18. The molecule has 0 aliphatic heterocycles. The molecule has 96 valence electrons. The van der Waals surface area contributed by atoms with Crippen molar-refractivity contribution in [1.82, 2.24) is 25.2 Å². The maximum atomic E-state index is 13.2. The first-order valence-corrected chi connectivity index (χ1v) is 6.00. The number of benzene rings is 1. The topological polar surface area (TPSA) is 98.2 Å². The molecule has 0 unspecified atom stereocenters. The Hall–Kier alpha value is -2.39. The number of nitrogens with two attached hydrogens (primary N) is 1. The van der Waals surface area contributed by atoms with Gasteiger partial charge in [0.15, 0.2) is 0 Å². The standard InChI is InChI=1S/C10H7FN6OS/c11-6-3-1-2-5(4-6)9-16-17-7(8(18)13-12)14-15-10(17)19-9/h1-4H,12H2,(H,13,18). The molecule has 0 aliphatic carbocycles. The minimum Gasteiger partial charge on any atom is -0.287 e. The second-order valence-corrected chi connectivity index (χ2v) is 4.56. The number of hydrogen-bond donors (Lipinski definition) is 2. The molecule has 0 fully saturated rings. The number of nitrogens with zero attached hydrogens (tertiary/aromatic N) is 4. The van der Waals surface area contributed by atoms with Crippen molar-refractivity contribution >= 4 is 22.2 Å². The SMILES string of the molecule is NNC(=O)c1nnc2sc(-c3cccc(F)c3)nn12. The van der Waals surface area contributed by atoms with Gasteiger partial charge in [-0.15, -0.1) is 10.2 Å². The minimum absolute atomic E-state index is 0.0172. The number of fused-ring (bicyclic) bond motifs is 1. The van der Waals surface area contributed by atoms with Crippen molar-refractivity contribution in [3.8, 4) is 10.6 Å². The molecule has 3 aromatic rings. The predicted molar refractivity (Wildman–Crippen MR) is 65.7 cm³/mol. The normalized spacial score (nSPS) is 10.8. The van der Waals surface area contributed by atoms with Crippen LogP contribution in [0.2, 0.25) is 0 Å². The fraction of sp³-hybridized carbons (Fsp3) is 0. The zero-order valence-corrected chi connectivity index (χ0v) is 10.2. The van der Waals surface area contributed by atoms with Gasteiger partial charge < -0.3 is 0 Å². The van der Waals surface area contributed by atoms with E-state index in [9.17, 15) is 9.18 Å². The van der Waals surface area contributed by atoms with Gasteiger partial charge in [-0.05, 0) is 12.1 Å². The molecule has 7 nitrogen and oxygen atoms in total. The van der Waals surface area contributed by atoms with E-state index in [0.717, 1.165) is 0 Å². The fourth-order valence-electron chi connectivity index (χ4n) is 1.56. The molecule has 3 N–H and O–H groups in total. The second kappa shape index (κ2) is 4.37. The molecule has 0 bridgehead atoms. The maximum Gasteiger partial charge on any atom is 0.304 e. The van der Waals surface area contributed by atoms with Crippen LogP contribution in [-0.4, -0.2) is 25.7 Å². The highest BCUT2D eigenvalue weighted by atomic mass is 32.1. The summed E-state index contributed by atoms with van der Waals surface area (Å²) in [5.41, 5.74) is 2.57. The van der Waals surface area contributed by atoms with Crippen molar-refractivity contribution in [1.29, 1.82) is 0 Å². The van der Waals surface area contributed by atoms with E-state index in [1.807, 2.05) is 5.43 Å². The molecule has 0 atom stereocenters. The van der Waals surface area contributed by atoms with Crippen LogP contribution in [0.15, 0.2) is 24.3 Å². The van der Waals surface area contributed by atoms with Crippen LogP contribution >= 0.6 is 11.3 Å². The molecule has 0 radical (unpaired) electrons. The summed E-state index contributed by atoms with van der Waals surface area (Å²) < 4.78 is 14.4. The van der Waals surface area contributed by atoms with E-state index in [-0.39, 0.29) is 11.6 Å². The van der Waals surface area contributed by atoms with E-state index >= 15 is 0 Å². The fourth-order valence-corrected chi connectivity index (χ4v) is 2.40. The van der Waals surface area contributed by atoms with Crippen LogP contribution < -0.4 is 11.3 Å². The van der Waals surface area contributed by atoms with Gasteiger partial charge in [-0.3, -0.25) is 10.2 Å². The lowest BCUT2D eigenvalue weighted by molar-refractivity contribution is 0.0941. The van der Waals surface area contributed by atoms with E-state index in [4.69, 9.17) is 5.84 Å². The third-order valence-electron chi connectivity index (χ3n) is 2.40. The number of carbonyl (C=O) groups excluding carboxylic acids is 1. The zero-order chi connectivity index (χ0) is 13.4. The lowest BCUT2D eigenvalue weighted by Crippen LogP contribution is -2.31. The van der Waals surface area contributed by atoms with Crippen molar-refractivity contribution in [2.75, 3.05) is 0 Å². The zero-order valence-electron chi connectivity index (χ0n) is 9.37. The van der Waals surface area contributed by atoms with Gasteiger partial charge in [0.05, 0.1) is 0 Å². The molecule has 2 aromatic heterocycles. The van der Waals surface area contributed by atoms with Crippen molar-refractivity contribution in [2.45, 2.75) is 0 Å². The highest BCUT2D eigenvalue weighted by Crippen LogP contribution is 2.25. The number of carbonyl (C=O) groups is 1. The van der Waals surface area contributed by atoms with Gasteiger partial charge in [-0.25, -0.2) is 10.2 Å². The van der Waals surface area contributed by atoms with Crippen LogP contribution in [0.1, 0.15) is 10.6 Å². The van der Waals surface area contributed by atoms with Crippen molar-refractivity contribution in [3.05, 3.63) is 35.9 Å². The van der Waals surface area contributed by atoms with Gasteiger partial charge in [-0.1, -0.05) is 23.5 Å². The molecule has 1 aromatic carbocycles. The molecule has 3 rings (SSSR count). The molecule has 1 amide bonds. The first-order chi connectivity index (χ1) is 9.19. The van der Waals surface area contributed by atoms with Gasteiger partial charge in [0, 0.05) is 5.56 Å². The largest absolute Gasteiger partial charge is 0.304 e. The Kier molecular flexibility index (Phi) is 2.69. The highest BCUT2D eigenvalue weighted by Gasteiger charge is 2.17. The number of nitrogen functional groups attached to an aromatic ring is 1. The predicted octanol–water partition coefficient (Wildman–Crippen LogP) is 0.595. The Bertz CT molecular complexity index is 766. The Morgan fingerprint density at radius 2 is 2.26 bits per heavy atom. The van der Waals surface area contributed by atoms with Crippen LogP contribution in [0.3, 0.4) is 0 Å². The average Bonchev–Trinajstić information content (AvgIpc) is 2.97. The summed E-state index contributed by atoms with van der Waals surface area (Å²) in [4.78, 5) is 11.9. The molecular weight excluding hydrogens is 271 g/mol. The molecule has 2 heterocycles. The summed E-state index contributed by atoms with van der Waals surface area (Å²) in [6.07, 6.45) is 0. The molecule has 9 heteroatoms. The molecule has 0 saturated heterocycles. The van der Waals surface area contributed by atoms with Crippen LogP contribution in [0, 0.1) is 5.82 Å². The minimum atomic E-state index is -0.594. The third-order valence-corrected chi connectivity index (χ3v) is 3.34. The highest BCUT2D eigenvalue weighted by molar-refractivity contribution is 7.19. The summed E-state index contributed by atoms with van der Waals surface area (Å²) >= 11 is 1.20. The first kappa shape index (κ1) is 11.7. The number of rotatable bonds is 2. The van der Waals surface area contributed by atoms with E-state index < -0.39 is 5.91 Å². The summed E-state index contributed by atoms with van der Waals surface area (Å²) in [6.45, 7) is 0. The van der Waals surface area contributed by atoms with Gasteiger partial charge in [0.25, 0.3) is 0 Å². The Labute approximate surface area is 109 Å². The van der Waals surface area contributed by atoms with Crippen molar-refractivity contribution in [3.63, 3.8) is 0 Å². The molecule has 0 spiro atoms. The van der Waals surface area contributed by atoms with Crippen LogP contribution in [-0.2, 0) is 0 Å². The van der Waals surface area contributed by atoms with Crippen LogP contribution in [0.25, 0.3) is 15.5 Å². The Morgan fingerprint density at radius 1 is 1.42 bits per heavy atom. The van der Waals surface area contributed by atoms with Gasteiger partial charge in [0.1, 0.15) is 10.8 Å².